The lowest BCUT2D eigenvalue weighted by Crippen LogP contribution is -2.45. The van der Waals surface area contributed by atoms with Crippen molar-refractivity contribution >= 4 is 5.91 Å². The Morgan fingerprint density at radius 1 is 0.481 bits per heavy atom. The Kier molecular flexibility index (Phi) is 41.0. The standard InChI is InChI=1S/C48H83NO3/c1-3-5-7-9-11-13-15-17-18-19-20-21-22-23-24-25-26-27-28-29-30-32-33-35-37-39-41-43-47(51)46(45-50)49-48(52)44-42-40-38-36-34-31-16-14-12-10-8-6-4-2/h6,8,12,14,28-29,31,33-35,38,40-41,43,46-47,50-51H,3-5,7,9-11,13,15-27,30,32,36-37,39,42,44-45H2,1-2H3,(H,49,52)/b8-6-,14-12-,29-28+,34-31-,35-33+,40-38-,43-41+. The van der Waals surface area contributed by atoms with Crippen LogP contribution in [0.15, 0.2) is 85.1 Å². The lowest BCUT2D eigenvalue weighted by atomic mass is 10.0. The van der Waals surface area contributed by atoms with Crippen LogP contribution >= 0.6 is 0 Å². The average molecular weight is 722 g/mol. The van der Waals surface area contributed by atoms with E-state index in [9.17, 15) is 15.0 Å². The van der Waals surface area contributed by atoms with E-state index in [4.69, 9.17) is 0 Å². The molecule has 0 saturated heterocycles. The maximum absolute atomic E-state index is 12.3. The summed E-state index contributed by atoms with van der Waals surface area (Å²) in [6.07, 6.45) is 62.9. The third-order valence-electron chi connectivity index (χ3n) is 9.35. The fourth-order valence-electron chi connectivity index (χ4n) is 6.04. The number of hydrogen-bond donors (Lipinski definition) is 3. The molecule has 0 spiro atoms. The first-order valence-electron chi connectivity index (χ1n) is 21.8. The monoisotopic (exact) mass is 722 g/mol. The molecule has 0 aliphatic heterocycles. The molecule has 298 valence electrons. The molecule has 0 saturated carbocycles. The van der Waals surface area contributed by atoms with Crippen LogP contribution in [0.3, 0.4) is 0 Å². The molecule has 2 atom stereocenters. The van der Waals surface area contributed by atoms with Crippen LogP contribution in [0.2, 0.25) is 0 Å². The molecule has 1 amide bonds. The highest BCUT2D eigenvalue weighted by Crippen LogP contribution is 2.14. The number of aliphatic hydroxyl groups is 2. The van der Waals surface area contributed by atoms with Gasteiger partial charge in [-0.2, -0.15) is 0 Å². The molecular formula is C48H83NO3. The fraction of sp³-hybridized carbons (Fsp3) is 0.688. The van der Waals surface area contributed by atoms with Crippen molar-refractivity contribution in [1.82, 2.24) is 5.32 Å². The molecule has 52 heavy (non-hydrogen) atoms. The molecule has 0 bridgehead atoms. The molecular weight excluding hydrogens is 639 g/mol. The maximum Gasteiger partial charge on any atom is 0.220 e. The predicted molar refractivity (Wildman–Crippen MR) is 230 cm³/mol. The van der Waals surface area contributed by atoms with Crippen molar-refractivity contribution in [2.75, 3.05) is 6.61 Å². The predicted octanol–water partition coefficient (Wildman–Crippen LogP) is 13.7. The normalized spacial score (nSPS) is 13.8. The van der Waals surface area contributed by atoms with Gasteiger partial charge in [-0.25, -0.2) is 0 Å². The van der Waals surface area contributed by atoms with Crippen molar-refractivity contribution in [3.05, 3.63) is 85.1 Å². The molecule has 2 unspecified atom stereocenters. The molecule has 0 aromatic heterocycles. The number of amides is 1. The zero-order valence-corrected chi connectivity index (χ0v) is 34.0. The van der Waals surface area contributed by atoms with Gasteiger partial charge in [-0.3, -0.25) is 4.79 Å². The summed E-state index contributed by atoms with van der Waals surface area (Å²) in [6.45, 7) is 4.13. The van der Waals surface area contributed by atoms with E-state index in [0.29, 0.717) is 12.8 Å². The van der Waals surface area contributed by atoms with Crippen LogP contribution in [0.4, 0.5) is 0 Å². The minimum Gasteiger partial charge on any atom is -0.394 e. The van der Waals surface area contributed by atoms with E-state index in [1.807, 2.05) is 12.2 Å². The molecule has 0 radical (unpaired) electrons. The zero-order chi connectivity index (χ0) is 37.8. The third-order valence-corrected chi connectivity index (χ3v) is 9.35. The van der Waals surface area contributed by atoms with Crippen molar-refractivity contribution < 1.29 is 15.0 Å². The van der Waals surface area contributed by atoms with Gasteiger partial charge in [-0.1, -0.05) is 202 Å². The van der Waals surface area contributed by atoms with Crippen LogP contribution in [-0.4, -0.2) is 34.9 Å². The number of carbonyl (C=O) groups excluding carboxylic acids is 1. The van der Waals surface area contributed by atoms with Crippen LogP contribution in [0.25, 0.3) is 0 Å². The molecule has 4 heteroatoms. The van der Waals surface area contributed by atoms with Crippen LogP contribution < -0.4 is 5.32 Å². The number of aliphatic hydroxyl groups excluding tert-OH is 2. The third kappa shape index (κ3) is 38.8. The SMILES string of the molecule is CC/C=C\C/C=C\C/C=C\C/C=C\CCC(=O)NC(CO)C(O)/C=C/CC/C=C/CC/C=C/CCCCCCCCCCCCCCCCCCC. The van der Waals surface area contributed by atoms with Crippen LogP contribution in [0, 0.1) is 0 Å². The number of nitrogens with one attached hydrogen (secondary N) is 1. The number of carbonyl (C=O) groups is 1. The summed E-state index contributed by atoms with van der Waals surface area (Å²) in [5, 5.41) is 22.9. The molecule has 0 aliphatic carbocycles. The topological polar surface area (TPSA) is 69.6 Å². The van der Waals surface area contributed by atoms with Gasteiger partial charge in [-0.05, 0) is 70.6 Å². The summed E-state index contributed by atoms with van der Waals surface area (Å²) >= 11 is 0. The van der Waals surface area contributed by atoms with Crippen molar-refractivity contribution in [2.45, 2.75) is 206 Å². The molecule has 0 aliphatic rings. The Balaban J connectivity index is 3.69. The average Bonchev–Trinajstić information content (AvgIpc) is 3.15. The van der Waals surface area contributed by atoms with Crippen molar-refractivity contribution in [3.8, 4) is 0 Å². The smallest absolute Gasteiger partial charge is 0.220 e. The molecule has 0 aromatic rings. The fourth-order valence-corrected chi connectivity index (χ4v) is 6.04. The lowest BCUT2D eigenvalue weighted by molar-refractivity contribution is -0.122. The summed E-state index contributed by atoms with van der Waals surface area (Å²) in [5.74, 6) is -0.161. The molecule has 0 aromatic carbocycles. The van der Waals surface area contributed by atoms with Gasteiger partial charge in [0.2, 0.25) is 5.91 Å². The van der Waals surface area contributed by atoms with E-state index in [0.717, 1.165) is 51.4 Å². The minimum atomic E-state index is -0.903. The quantitative estimate of drug-likeness (QED) is 0.0439. The molecule has 0 fully saturated rings. The van der Waals surface area contributed by atoms with E-state index in [1.54, 1.807) is 6.08 Å². The van der Waals surface area contributed by atoms with Gasteiger partial charge in [-0.15, -0.1) is 0 Å². The first-order chi connectivity index (χ1) is 25.7. The number of rotatable bonds is 38. The van der Waals surface area contributed by atoms with Gasteiger partial charge < -0.3 is 15.5 Å². The van der Waals surface area contributed by atoms with Gasteiger partial charge in [0.15, 0.2) is 0 Å². The van der Waals surface area contributed by atoms with Gasteiger partial charge >= 0.3 is 0 Å². The summed E-state index contributed by atoms with van der Waals surface area (Å²) in [7, 11) is 0. The van der Waals surface area contributed by atoms with Gasteiger partial charge in [0.05, 0.1) is 18.8 Å². The Bertz CT molecular complexity index is 957. The first kappa shape index (κ1) is 49.6. The summed E-state index contributed by atoms with van der Waals surface area (Å²) < 4.78 is 0. The Labute approximate surface area is 322 Å². The summed E-state index contributed by atoms with van der Waals surface area (Å²) in [5.41, 5.74) is 0. The maximum atomic E-state index is 12.3. The molecule has 0 rings (SSSR count). The first-order valence-corrected chi connectivity index (χ1v) is 21.8. The second-order valence-electron chi connectivity index (χ2n) is 14.4. The number of unbranched alkanes of at least 4 members (excludes halogenated alkanes) is 19. The van der Waals surface area contributed by atoms with Crippen LogP contribution in [0.5, 0.6) is 0 Å². The van der Waals surface area contributed by atoms with Crippen molar-refractivity contribution in [2.24, 2.45) is 0 Å². The largest absolute Gasteiger partial charge is 0.394 e. The molecule has 4 nitrogen and oxygen atoms in total. The lowest BCUT2D eigenvalue weighted by Gasteiger charge is -2.19. The van der Waals surface area contributed by atoms with Gasteiger partial charge in [0, 0.05) is 6.42 Å². The van der Waals surface area contributed by atoms with Crippen molar-refractivity contribution in [3.63, 3.8) is 0 Å². The zero-order valence-electron chi connectivity index (χ0n) is 34.0. The molecule has 0 heterocycles. The highest BCUT2D eigenvalue weighted by atomic mass is 16.3. The summed E-state index contributed by atoms with van der Waals surface area (Å²) in [4.78, 5) is 12.3. The van der Waals surface area contributed by atoms with E-state index in [-0.39, 0.29) is 12.5 Å². The van der Waals surface area contributed by atoms with E-state index < -0.39 is 12.1 Å². The Hall–Kier alpha value is -2.43. The van der Waals surface area contributed by atoms with E-state index in [2.05, 4.69) is 86.0 Å². The van der Waals surface area contributed by atoms with E-state index >= 15 is 0 Å². The highest BCUT2D eigenvalue weighted by Gasteiger charge is 2.17. The second kappa shape index (κ2) is 43.0. The van der Waals surface area contributed by atoms with Crippen LogP contribution in [-0.2, 0) is 4.79 Å². The van der Waals surface area contributed by atoms with Gasteiger partial charge in [0.25, 0.3) is 0 Å². The number of hydrogen-bond acceptors (Lipinski definition) is 3. The van der Waals surface area contributed by atoms with E-state index in [1.165, 1.54) is 116 Å². The summed E-state index contributed by atoms with van der Waals surface area (Å²) in [6, 6.07) is -0.687. The second-order valence-corrected chi connectivity index (χ2v) is 14.4. The Morgan fingerprint density at radius 3 is 1.33 bits per heavy atom. The van der Waals surface area contributed by atoms with Gasteiger partial charge in [0.1, 0.15) is 0 Å². The Morgan fingerprint density at radius 2 is 0.865 bits per heavy atom. The minimum absolute atomic E-state index is 0.161. The van der Waals surface area contributed by atoms with Crippen molar-refractivity contribution in [1.29, 1.82) is 0 Å². The van der Waals surface area contributed by atoms with Crippen LogP contribution in [0.1, 0.15) is 194 Å². The number of allylic oxidation sites excluding steroid dienone is 13. The molecule has 3 N–H and O–H groups in total. The highest BCUT2D eigenvalue weighted by molar-refractivity contribution is 5.76.